The van der Waals surface area contributed by atoms with E-state index in [-0.39, 0.29) is 5.69 Å². The second-order valence-electron chi connectivity index (χ2n) is 6.83. The Balaban J connectivity index is 1.49. The van der Waals surface area contributed by atoms with Crippen LogP contribution >= 0.6 is 0 Å². The maximum atomic E-state index is 11.3. The lowest BCUT2D eigenvalue weighted by atomic mass is 9.96. The third-order valence-electron chi connectivity index (χ3n) is 4.77. The Hall–Kier alpha value is -3.40. The molecule has 7 nitrogen and oxygen atoms in total. The van der Waals surface area contributed by atoms with Gasteiger partial charge >= 0.3 is 5.69 Å². The standard InChI is InChI=1S/C20H18N4O3/c1-15-7-10-18(24(25)26)19(21-15)23-12-11-20(14-23)13-17(22-27-20)9-8-16-5-3-2-4-6-16/h2-7,10H,11-14H2,1H3. The summed E-state index contributed by atoms with van der Waals surface area (Å²) in [6, 6.07) is 12.9. The normalized spacial score (nSPS) is 20.8. The summed E-state index contributed by atoms with van der Waals surface area (Å²) in [5.74, 6) is 6.56. The van der Waals surface area contributed by atoms with Crippen molar-refractivity contribution in [2.24, 2.45) is 5.16 Å². The van der Waals surface area contributed by atoms with Gasteiger partial charge in [-0.25, -0.2) is 4.98 Å². The van der Waals surface area contributed by atoms with E-state index in [2.05, 4.69) is 22.0 Å². The van der Waals surface area contributed by atoms with Crippen LogP contribution in [0.15, 0.2) is 47.6 Å². The molecule has 0 radical (unpaired) electrons. The molecule has 27 heavy (non-hydrogen) atoms. The number of oxime groups is 1. The Morgan fingerprint density at radius 2 is 2.04 bits per heavy atom. The van der Waals surface area contributed by atoms with Crippen molar-refractivity contribution in [2.45, 2.75) is 25.4 Å². The average Bonchev–Trinajstić information content (AvgIpc) is 3.27. The van der Waals surface area contributed by atoms with Gasteiger partial charge in [0, 0.05) is 36.7 Å². The number of nitrogens with zero attached hydrogens (tertiary/aromatic N) is 4. The summed E-state index contributed by atoms with van der Waals surface area (Å²) in [6.07, 6.45) is 1.32. The highest BCUT2D eigenvalue weighted by Crippen LogP contribution is 2.38. The molecule has 1 saturated heterocycles. The van der Waals surface area contributed by atoms with Gasteiger partial charge in [0.2, 0.25) is 5.82 Å². The molecule has 4 rings (SSSR count). The zero-order chi connectivity index (χ0) is 18.9. The summed E-state index contributed by atoms with van der Waals surface area (Å²) in [4.78, 5) is 23.0. The highest BCUT2D eigenvalue weighted by molar-refractivity contribution is 6.02. The SMILES string of the molecule is Cc1ccc([N+](=O)[O-])c(N2CCC3(CC(C#Cc4ccccc4)=NO3)C2)n1. The first kappa shape index (κ1) is 17.0. The van der Waals surface area contributed by atoms with Crippen LogP contribution in [0.1, 0.15) is 24.1 Å². The minimum atomic E-state index is -0.486. The summed E-state index contributed by atoms with van der Waals surface area (Å²) >= 11 is 0. The molecule has 1 unspecified atom stereocenters. The number of aryl methyl sites for hydroxylation is 1. The topological polar surface area (TPSA) is 80.9 Å². The summed E-state index contributed by atoms with van der Waals surface area (Å²) in [5.41, 5.74) is 1.90. The molecule has 0 bridgehead atoms. The number of benzene rings is 1. The lowest BCUT2D eigenvalue weighted by Crippen LogP contribution is -2.34. The van der Waals surface area contributed by atoms with Crippen molar-refractivity contribution < 1.29 is 9.76 Å². The molecule has 0 saturated carbocycles. The first-order valence-corrected chi connectivity index (χ1v) is 8.74. The number of nitro groups is 1. The molecule has 2 aliphatic rings. The van der Waals surface area contributed by atoms with Gasteiger partial charge in [0.15, 0.2) is 5.60 Å². The van der Waals surface area contributed by atoms with Gasteiger partial charge in [0.1, 0.15) is 5.71 Å². The Morgan fingerprint density at radius 3 is 2.81 bits per heavy atom. The molecule has 1 aromatic heterocycles. The van der Waals surface area contributed by atoms with Gasteiger partial charge in [0.05, 0.1) is 11.5 Å². The van der Waals surface area contributed by atoms with Crippen LogP contribution in [0.3, 0.4) is 0 Å². The van der Waals surface area contributed by atoms with Crippen molar-refractivity contribution >= 4 is 17.2 Å². The van der Waals surface area contributed by atoms with Crippen molar-refractivity contribution in [1.29, 1.82) is 0 Å². The first-order valence-electron chi connectivity index (χ1n) is 8.74. The monoisotopic (exact) mass is 362 g/mol. The second-order valence-corrected chi connectivity index (χ2v) is 6.83. The van der Waals surface area contributed by atoms with Crippen LogP contribution in [0.5, 0.6) is 0 Å². The molecule has 2 aliphatic heterocycles. The molecular weight excluding hydrogens is 344 g/mol. The maximum absolute atomic E-state index is 11.3. The highest BCUT2D eigenvalue weighted by Gasteiger charge is 2.46. The van der Waals surface area contributed by atoms with Gasteiger partial charge in [-0.05, 0) is 31.0 Å². The first-order chi connectivity index (χ1) is 13.0. The van der Waals surface area contributed by atoms with E-state index in [1.807, 2.05) is 42.2 Å². The predicted molar refractivity (Wildman–Crippen MR) is 102 cm³/mol. The van der Waals surface area contributed by atoms with Crippen molar-refractivity contribution in [3.8, 4) is 11.8 Å². The van der Waals surface area contributed by atoms with E-state index in [0.717, 1.165) is 17.7 Å². The second kappa shape index (κ2) is 6.72. The smallest absolute Gasteiger partial charge is 0.311 e. The number of aromatic nitrogens is 1. The molecule has 1 fully saturated rings. The van der Waals surface area contributed by atoms with E-state index in [1.54, 1.807) is 6.07 Å². The van der Waals surface area contributed by atoms with Gasteiger partial charge in [-0.3, -0.25) is 10.1 Å². The summed E-state index contributed by atoms with van der Waals surface area (Å²) < 4.78 is 0. The predicted octanol–water partition coefficient (Wildman–Crippen LogP) is 3.08. The molecule has 0 amide bonds. The van der Waals surface area contributed by atoms with E-state index >= 15 is 0 Å². The Kier molecular flexibility index (Phi) is 4.24. The number of hydrogen-bond donors (Lipinski definition) is 0. The Morgan fingerprint density at radius 1 is 1.22 bits per heavy atom. The zero-order valence-electron chi connectivity index (χ0n) is 14.9. The number of rotatable bonds is 2. The highest BCUT2D eigenvalue weighted by atomic mass is 16.7. The molecule has 136 valence electrons. The Bertz CT molecular complexity index is 978. The van der Waals surface area contributed by atoms with Crippen molar-refractivity contribution in [1.82, 2.24) is 4.98 Å². The fourth-order valence-electron chi connectivity index (χ4n) is 3.41. The van der Waals surface area contributed by atoms with Crippen LogP contribution in [0.25, 0.3) is 0 Å². The van der Waals surface area contributed by atoms with Crippen LogP contribution in [0.2, 0.25) is 0 Å². The molecule has 3 heterocycles. The third kappa shape index (κ3) is 3.47. The zero-order valence-corrected chi connectivity index (χ0v) is 14.9. The summed E-state index contributed by atoms with van der Waals surface area (Å²) in [7, 11) is 0. The minimum Gasteiger partial charge on any atom is -0.386 e. The van der Waals surface area contributed by atoms with Gasteiger partial charge in [-0.15, -0.1) is 0 Å². The van der Waals surface area contributed by atoms with E-state index in [9.17, 15) is 10.1 Å². The molecular formula is C20H18N4O3. The Labute approximate surface area is 156 Å². The van der Waals surface area contributed by atoms with E-state index in [4.69, 9.17) is 4.84 Å². The van der Waals surface area contributed by atoms with Gasteiger partial charge in [0.25, 0.3) is 0 Å². The molecule has 7 heteroatoms. The molecule has 2 aromatic rings. The van der Waals surface area contributed by atoms with Crippen molar-refractivity contribution in [2.75, 3.05) is 18.0 Å². The van der Waals surface area contributed by atoms with E-state index in [0.29, 0.717) is 31.0 Å². The van der Waals surface area contributed by atoms with Crippen molar-refractivity contribution in [3.63, 3.8) is 0 Å². The van der Waals surface area contributed by atoms with Crippen LogP contribution < -0.4 is 4.90 Å². The van der Waals surface area contributed by atoms with Crippen LogP contribution in [-0.2, 0) is 4.84 Å². The lowest BCUT2D eigenvalue weighted by Gasteiger charge is -2.22. The molecule has 1 aromatic carbocycles. The number of hydrogen-bond acceptors (Lipinski definition) is 6. The maximum Gasteiger partial charge on any atom is 0.311 e. The van der Waals surface area contributed by atoms with Gasteiger partial charge < -0.3 is 9.74 Å². The molecule has 0 aliphatic carbocycles. The lowest BCUT2D eigenvalue weighted by molar-refractivity contribution is -0.384. The van der Waals surface area contributed by atoms with Crippen molar-refractivity contribution in [3.05, 3.63) is 63.8 Å². The quantitative estimate of drug-likeness (QED) is 0.466. The molecule has 0 N–H and O–H groups in total. The fourth-order valence-corrected chi connectivity index (χ4v) is 3.41. The van der Waals surface area contributed by atoms with E-state index < -0.39 is 10.5 Å². The third-order valence-corrected chi connectivity index (χ3v) is 4.77. The van der Waals surface area contributed by atoms with E-state index in [1.165, 1.54) is 6.07 Å². The van der Waals surface area contributed by atoms with Gasteiger partial charge in [-0.2, -0.15) is 0 Å². The minimum absolute atomic E-state index is 0.0145. The van der Waals surface area contributed by atoms with Gasteiger partial charge in [-0.1, -0.05) is 29.3 Å². The average molecular weight is 362 g/mol. The fraction of sp³-hybridized carbons (Fsp3) is 0.300. The largest absolute Gasteiger partial charge is 0.386 e. The number of anilines is 1. The molecule has 1 spiro atoms. The number of pyridine rings is 1. The van der Waals surface area contributed by atoms with Crippen LogP contribution in [0, 0.1) is 28.9 Å². The summed E-state index contributed by atoms with van der Waals surface area (Å²) in [5, 5.41) is 15.5. The summed E-state index contributed by atoms with van der Waals surface area (Å²) in [6.45, 7) is 2.96. The van der Waals surface area contributed by atoms with Crippen LogP contribution in [-0.4, -0.2) is 34.3 Å². The van der Waals surface area contributed by atoms with Crippen LogP contribution in [0.4, 0.5) is 11.5 Å². The molecule has 1 atom stereocenters.